The summed E-state index contributed by atoms with van der Waals surface area (Å²) in [6.07, 6.45) is 3.52. The molecule has 6 nitrogen and oxygen atoms in total. The summed E-state index contributed by atoms with van der Waals surface area (Å²) in [6.45, 7) is 4.55. The second kappa shape index (κ2) is 11.4. The highest BCUT2D eigenvalue weighted by Gasteiger charge is 2.29. The molecule has 2 aromatic heterocycles. The SMILES string of the molecule is CCCOC(=O)c1c(NC(=S)NC(=O)c2cc(-c3ccccc3)nc3ccccc23)sc2c1CCC(C)C2. The van der Waals surface area contributed by atoms with Gasteiger partial charge in [-0.3, -0.25) is 10.1 Å². The summed E-state index contributed by atoms with van der Waals surface area (Å²) in [5, 5.41) is 7.45. The Bertz CT molecular complexity index is 1510. The van der Waals surface area contributed by atoms with Gasteiger partial charge < -0.3 is 10.1 Å². The molecule has 8 heteroatoms. The maximum Gasteiger partial charge on any atom is 0.341 e. The number of thiocarbonyl (C=S) groups is 1. The summed E-state index contributed by atoms with van der Waals surface area (Å²) in [4.78, 5) is 32.4. The van der Waals surface area contributed by atoms with Crippen LogP contribution in [0.1, 0.15) is 57.8 Å². The van der Waals surface area contributed by atoms with Gasteiger partial charge in [0.15, 0.2) is 5.11 Å². The van der Waals surface area contributed by atoms with Crippen LogP contribution in [0.5, 0.6) is 0 Å². The highest BCUT2D eigenvalue weighted by molar-refractivity contribution is 7.80. The van der Waals surface area contributed by atoms with Crippen LogP contribution in [0.15, 0.2) is 60.7 Å². The van der Waals surface area contributed by atoms with Crippen LogP contribution in [-0.2, 0) is 17.6 Å². The molecule has 2 N–H and O–H groups in total. The number of fused-ring (bicyclic) bond motifs is 2. The second-order valence-corrected chi connectivity index (χ2v) is 11.1. The Hall–Kier alpha value is -3.62. The smallest absolute Gasteiger partial charge is 0.341 e. The Morgan fingerprint density at radius 2 is 1.89 bits per heavy atom. The third kappa shape index (κ3) is 5.47. The molecule has 1 amide bonds. The molecule has 4 aromatic rings. The molecule has 0 bridgehead atoms. The molecule has 1 aliphatic rings. The van der Waals surface area contributed by atoms with E-state index in [2.05, 4.69) is 17.6 Å². The third-order valence-electron chi connectivity index (χ3n) is 6.64. The largest absolute Gasteiger partial charge is 0.462 e. The molecule has 194 valence electrons. The zero-order chi connectivity index (χ0) is 26.6. The number of hydrogen-bond donors (Lipinski definition) is 2. The van der Waals surface area contributed by atoms with E-state index in [9.17, 15) is 9.59 Å². The first-order valence-corrected chi connectivity index (χ1v) is 14.1. The Morgan fingerprint density at radius 1 is 1.13 bits per heavy atom. The van der Waals surface area contributed by atoms with E-state index in [1.54, 1.807) is 6.07 Å². The van der Waals surface area contributed by atoms with Gasteiger partial charge in [0.2, 0.25) is 0 Å². The van der Waals surface area contributed by atoms with Crippen LogP contribution in [0.3, 0.4) is 0 Å². The number of nitrogens with one attached hydrogen (secondary N) is 2. The minimum Gasteiger partial charge on any atom is -0.462 e. The number of hydrogen-bond acceptors (Lipinski definition) is 6. The van der Waals surface area contributed by atoms with E-state index in [1.165, 1.54) is 16.2 Å². The van der Waals surface area contributed by atoms with Crippen molar-refractivity contribution in [3.8, 4) is 11.3 Å². The molecule has 38 heavy (non-hydrogen) atoms. The van der Waals surface area contributed by atoms with Gasteiger partial charge in [0.05, 0.1) is 28.9 Å². The standard InChI is InChI=1S/C30H29N3O3S2/c1-3-15-36-29(35)26-21-14-13-18(2)16-25(21)38-28(26)33-30(37)32-27(34)22-17-24(19-9-5-4-6-10-19)31-23-12-8-7-11-20(22)23/h4-12,17-18H,3,13-16H2,1-2H3,(H2,32,33,34,37). The highest BCUT2D eigenvalue weighted by atomic mass is 32.1. The molecule has 1 aliphatic carbocycles. The van der Waals surface area contributed by atoms with Crippen LogP contribution in [0.2, 0.25) is 0 Å². The summed E-state index contributed by atoms with van der Waals surface area (Å²) < 4.78 is 5.49. The highest BCUT2D eigenvalue weighted by Crippen LogP contribution is 2.40. The molecular formula is C30H29N3O3S2. The molecule has 1 atom stereocenters. The molecule has 1 unspecified atom stereocenters. The molecule has 0 spiro atoms. The van der Waals surface area contributed by atoms with E-state index in [-0.39, 0.29) is 17.0 Å². The lowest BCUT2D eigenvalue weighted by Gasteiger charge is -2.18. The van der Waals surface area contributed by atoms with Crippen LogP contribution < -0.4 is 10.6 Å². The maximum absolute atomic E-state index is 13.5. The predicted octanol–water partition coefficient (Wildman–Crippen LogP) is 6.78. The zero-order valence-corrected chi connectivity index (χ0v) is 23.0. The lowest BCUT2D eigenvalue weighted by molar-refractivity contribution is 0.0505. The monoisotopic (exact) mass is 543 g/mol. The lowest BCUT2D eigenvalue weighted by atomic mass is 9.88. The van der Waals surface area contributed by atoms with Crippen molar-refractivity contribution in [1.82, 2.24) is 10.3 Å². The van der Waals surface area contributed by atoms with Crippen molar-refractivity contribution in [3.63, 3.8) is 0 Å². The number of para-hydroxylation sites is 1. The number of rotatable bonds is 6. The van der Waals surface area contributed by atoms with Crippen molar-refractivity contribution >= 4 is 56.4 Å². The summed E-state index contributed by atoms with van der Waals surface area (Å²) >= 11 is 7.07. The van der Waals surface area contributed by atoms with Gasteiger partial charge in [0, 0.05) is 15.8 Å². The van der Waals surface area contributed by atoms with Crippen LogP contribution >= 0.6 is 23.6 Å². The number of nitrogens with zero attached hydrogens (tertiary/aromatic N) is 1. The van der Waals surface area contributed by atoms with Crippen molar-refractivity contribution in [3.05, 3.63) is 82.2 Å². The quantitative estimate of drug-likeness (QED) is 0.206. The van der Waals surface area contributed by atoms with E-state index < -0.39 is 0 Å². The molecule has 2 heterocycles. The Morgan fingerprint density at radius 3 is 2.68 bits per heavy atom. The van der Waals surface area contributed by atoms with E-state index in [4.69, 9.17) is 21.9 Å². The van der Waals surface area contributed by atoms with Crippen LogP contribution in [0, 0.1) is 5.92 Å². The van der Waals surface area contributed by atoms with Crippen molar-refractivity contribution in [2.75, 3.05) is 11.9 Å². The minimum absolute atomic E-state index is 0.133. The van der Waals surface area contributed by atoms with Crippen molar-refractivity contribution in [1.29, 1.82) is 0 Å². The fraction of sp³-hybridized carbons (Fsp3) is 0.267. The van der Waals surface area contributed by atoms with Crippen LogP contribution in [0.25, 0.3) is 22.2 Å². The zero-order valence-electron chi connectivity index (χ0n) is 21.4. The number of ether oxygens (including phenoxy) is 1. The Kier molecular flexibility index (Phi) is 7.81. The minimum atomic E-state index is -0.344. The van der Waals surface area contributed by atoms with Crippen molar-refractivity contribution in [2.45, 2.75) is 39.5 Å². The molecular weight excluding hydrogens is 514 g/mol. The summed E-state index contributed by atoms with van der Waals surface area (Å²) in [5.74, 6) is -0.134. The molecule has 0 fully saturated rings. The number of amides is 1. The first-order valence-electron chi connectivity index (χ1n) is 12.8. The average Bonchev–Trinajstić information content (AvgIpc) is 3.28. The number of carbonyl (C=O) groups excluding carboxylic acids is 2. The van der Waals surface area contributed by atoms with E-state index >= 15 is 0 Å². The van der Waals surface area contributed by atoms with Crippen molar-refractivity contribution in [2.24, 2.45) is 5.92 Å². The van der Waals surface area contributed by atoms with Gasteiger partial charge >= 0.3 is 5.97 Å². The first kappa shape index (κ1) is 26.0. The average molecular weight is 544 g/mol. The van der Waals surface area contributed by atoms with Crippen LogP contribution in [0.4, 0.5) is 5.00 Å². The van der Waals surface area contributed by atoms with Gasteiger partial charge in [0.25, 0.3) is 5.91 Å². The van der Waals surface area contributed by atoms with Gasteiger partial charge in [-0.05, 0) is 61.5 Å². The number of pyridine rings is 1. The number of anilines is 1. The summed E-state index contributed by atoms with van der Waals surface area (Å²) in [5.41, 5.74) is 4.40. The van der Waals surface area contributed by atoms with E-state index in [1.807, 2.05) is 61.5 Å². The molecule has 2 aromatic carbocycles. The molecule has 0 saturated carbocycles. The second-order valence-electron chi connectivity index (χ2n) is 9.54. The number of thiophene rings is 1. The first-order chi connectivity index (χ1) is 18.4. The van der Waals surface area contributed by atoms with Crippen LogP contribution in [-0.4, -0.2) is 28.6 Å². The fourth-order valence-electron chi connectivity index (χ4n) is 4.75. The number of carbonyl (C=O) groups is 2. The van der Waals surface area contributed by atoms with Gasteiger partial charge in [-0.1, -0.05) is 62.4 Å². The fourth-order valence-corrected chi connectivity index (χ4v) is 6.41. The number of benzene rings is 2. The Balaban J connectivity index is 1.42. The topological polar surface area (TPSA) is 80.3 Å². The lowest BCUT2D eigenvalue weighted by Crippen LogP contribution is -2.34. The molecule has 0 saturated heterocycles. The number of aromatic nitrogens is 1. The van der Waals surface area contributed by atoms with Crippen molar-refractivity contribution < 1.29 is 14.3 Å². The van der Waals surface area contributed by atoms with E-state index in [0.29, 0.717) is 34.3 Å². The van der Waals surface area contributed by atoms with Gasteiger partial charge in [-0.2, -0.15) is 0 Å². The third-order valence-corrected chi connectivity index (χ3v) is 8.01. The number of esters is 1. The molecule has 0 aliphatic heterocycles. The molecule has 5 rings (SSSR count). The summed E-state index contributed by atoms with van der Waals surface area (Å²) in [6, 6.07) is 19.1. The summed E-state index contributed by atoms with van der Waals surface area (Å²) in [7, 11) is 0. The van der Waals surface area contributed by atoms with Gasteiger partial charge in [-0.25, -0.2) is 9.78 Å². The normalized spacial score (nSPS) is 14.5. The van der Waals surface area contributed by atoms with Gasteiger partial charge in [-0.15, -0.1) is 11.3 Å². The predicted molar refractivity (Wildman–Crippen MR) is 157 cm³/mol. The maximum atomic E-state index is 13.5. The van der Waals surface area contributed by atoms with E-state index in [0.717, 1.165) is 47.7 Å². The molecule has 0 radical (unpaired) electrons. The Labute approximate surface area is 231 Å². The van der Waals surface area contributed by atoms with Gasteiger partial charge in [0.1, 0.15) is 5.00 Å².